The van der Waals surface area contributed by atoms with Crippen molar-refractivity contribution in [2.24, 2.45) is 15.9 Å². The average Bonchev–Trinajstić information content (AvgIpc) is 3.78. The topological polar surface area (TPSA) is 157 Å². The third kappa shape index (κ3) is 15.2. The molecular weight excluding hydrogens is 1210 g/mol. The van der Waals surface area contributed by atoms with E-state index >= 15 is 0 Å². The van der Waals surface area contributed by atoms with Crippen molar-refractivity contribution in [2.45, 2.75) is 46.7 Å². The zero-order valence-corrected chi connectivity index (χ0v) is 44.2. The quantitative estimate of drug-likeness (QED) is 0.0325. The molecule has 0 atom stereocenters. The summed E-state index contributed by atoms with van der Waals surface area (Å²) in [6.45, 7) is 6.61. The molecule has 5 N–H and O–H groups in total. The molecule has 11 nitrogen and oxygen atoms in total. The van der Waals surface area contributed by atoms with Crippen molar-refractivity contribution in [2.75, 3.05) is 21.3 Å². The number of aromatic nitrogens is 1. The maximum absolute atomic E-state index is 14.3. The van der Waals surface area contributed by atoms with Crippen molar-refractivity contribution in [3.05, 3.63) is 182 Å². The zero-order chi connectivity index (χ0) is 48.3. The monoisotopic (exact) mass is 1260 g/mol. The van der Waals surface area contributed by atoms with E-state index in [0.717, 1.165) is 72.6 Å². The number of aryl methyl sites for hydroxylation is 5. The van der Waals surface area contributed by atoms with E-state index in [9.17, 15) is 14.0 Å². The average molecular weight is 1260 g/mol. The molecule has 0 fully saturated rings. The van der Waals surface area contributed by atoms with Crippen molar-refractivity contribution >= 4 is 101 Å². The van der Waals surface area contributed by atoms with Crippen molar-refractivity contribution in [3.8, 4) is 17.2 Å². The highest BCUT2D eigenvalue weighted by Crippen LogP contribution is 2.28. The second kappa shape index (κ2) is 27.3. The zero-order valence-electron chi connectivity index (χ0n) is 36.9. The smallest absolute Gasteiger partial charge is 0.180 e. The first-order valence-corrected chi connectivity index (χ1v) is 23.7. The van der Waals surface area contributed by atoms with E-state index in [-0.39, 0.29) is 22.1 Å². The molecule has 17 heteroatoms. The lowest BCUT2D eigenvalue weighted by Gasteiger charge is -2.09. The van der Waals surface area contributed by atoms with Crippen LogP contribution in [0.25, 0.3) is 11.0 Å². The lowest BCUT2D eigenvalue weighted by atomic mass is 10.1. The number of hydroxylamine groups is 1. The van der Waals surface area contributed by atoms with Crippen LogP contribution in [-0.4, -0.2) is 47.9 Å². The van der Waals surface area contributed by atoms with Gasteiger partial charge in [0.25, 0.3) is 0 Å². The van der Waals surface area contributed by atoms with Crippen molar-refractivity contribution in [1.29, 1.82) is 0 Å². The molecule has 0 spiro atoms. The number of nitrogens with one attached hydrogen (secondary N) is 1. The summed E-state index contributed by atoms with van der Waals surface area (Å²) in [5.74, 6) is 1.77. The molecule has 0 bridgehead atoms. The van der Waals surface area contributed by atoms with E-state index in [1.807, 2.05) is 118 Å². The third-order valence-corrected chi connectivity index (χ3v) is 14.1. The number of nitrogens with two attached hydrogens (primary N) is 1. The number of oxime groups is 1. The number of hydrogen-bond donors (Lipinski definition) is 4. The number of aliphatic imine (C=N–C) groups is 1. The molecule has 0 saturated carbocycles. The van der Waals surface area contributed by atoms with Gasteiger partial charge in [0, 0.05) is 11.9 Å². The van der Waals surface area contributed by atoms with Crippen LogP contribution in [0.3, 0.4) is 0 Å². The Labute approximate surface area is 429 Å². The maximum atomic E-state index is 14.3. The summed E-state index contributed by atoms with van der Waals surface area (Å²) < 4.78 is 50.6. The summed E-state index contributed by atoms with van der Waals surface area (Å²) in [4.78, 5) is 4.24. The van der Waals surface area contributed by atoms with Crippen molar-refractivity contribution in [1.82, 2.24) is 10.6 Å². The van der Waals surface area contributed by atoms with E-state index in [2.05, 4.69) is 69.1 Å². The first-order chi connectivity index (χ1) is 31.7. The molecule has 66 heavy (non-hydrogen) atoms. The van der Waals surface area contributed by atoms with Crippen LogP contribution in [0.2, 0.25) is 0 Å². The molecule has 0 aliphatic heterocycles. The van der Waals surface area contributed by atoms with Gasteiger partial charge >= 0.3 is 0 Å². The molecule has 1 heterocycles. The van der Waals surface area contributed by atoms with Crippen molar-refractivity contribution < 1.29 is 37.9 Å². The summed E-state index contributed by atoms with van der Waals surface area (Å²) in [6, 6.07) is 34.1. The van der Waals surface area contributed by atoms with Crippen LogP contribution < -0.4 is 25.4 Å². The number of fused-ring (bicyclic) bond motifs is 1. The summed E-state index contributed by atoms with van der Waals surface area (Å²) in [7, 11) is 4.93. The fourth-order valence-corrected chi connectivity index (χ4v) is 7.54. The molecule has 0 unspecified atom stereocenters. The normalized spacial score (nSPS) is 11.1. The molecule has 7 aromatic rings. The van der Waals surface area contributed by atoms with Gasteiger partial charge in [-0.3, -0.25) is 15.7 Å². The van der Waals surface area contributed by atoms with E-state index in [1.165, 1.54) is 17.2 Å². The van der Waals surface area contributed by atoms with Crippen LogP contribution in [0.15, 0.2) is 124 Å². The summed E-state index contributed by atoms with van der Waals surface area (Å²) >= 11 is 11.6. The Bertz CT molecular complexity index is 2700. The van der Waals surface area contributed by atoms with Crippen LogP contribution in [0.4, 0.5) is 8.78 Å². The number of benzene rings is 6. The molecule has 0 radical (unpaired) electrons. The minimum atomic E-state index is -0.455. The van der Waals surface area contributed by atoms with Crippen LogP contribution in [0, 0.1) is 43.1 Å². The molecule has 0 aliphatic rings. The SMILES string of the molecule is COc1ccc(CCc2noc3c(I)c(C)ccc23)cc1.COc1ccc(CN)cc1.COc1ccc(CN=C(NO)c2ccc(C)c(I)c2F)cc1.Cc1ccc(/C(Cl)=N\O)c(F)c1I. The van der Waals surface area contributed by atoms with Gasteiger partial charge in [-0.1, -0.05) is 76.5 Å². The Kier molecular flexibility index (Phi) is 22.3. The first-order valence-electron chi connectivity index (χ1n) is 20.0. The van der Waals surface area contributed by atoms with E-state index in [4.69, 9.17) is 41.3 Å². The molecule has 0 aliphatic carbocycles. The Morgan fingerprint density at radius 3 is 1.61 bits per heavy atom. The number of nitrogens with zero attached hydrogens (tertiary/aromatic N) is 3. The van der Waals surface area contributed by atoms with Crippen LogP contribution in [-0.2, 0) is 25.9 Å². The van der Waals surface area contributed by atoms with Gasteiger partial charge in [0.2, 0.25) is 0 Å². The summed E-state index contributed by atoms with van der Waals surface area (Å²) in [5, 5.41) is 25.5. The van der Waals surface area contributed by atoms with Gasteiger partial charge in [-0.05, 0) is 189 Å². The van der Waals surface area contributed by atoms with E-state index in [0.29, 0.717) is 20.2 Å². The van der Waals surface area contributed by atoms with Crippen molar-refractivity contribution in [3.63, 3.8) is 0 Å². The van der Waals surface area contributed by atoms with E-state index in [1.54, 1.807) is 46.5 Å². The number of rotatable bonds is 11. The van der Waals surface area contributed by atoms with Gasteiger partial charge in [0.15, 0.2) is 16.6 Å². The minimum absolute atomic E-state index is 0.103. The Balaban J connectivity index is 0.000000201. The predicted molar refractivity (Wildman–Crippen MR) is 283 cm³/mol. The first kappa shape index (κ1) is 54.0. The van der Waals surface area contributed by atoms with Gasteiger partial charge < -0.3 is 29.7 Å². The van der Waals surface area contributed by atoms with Gasteiger partial charge in [-0.25, -0.2) is 8.78 Å². The summed E-state index contributed by atoms with van der Waals surface area (Å²) in [5.41, 5.74) is 15.9. The van der Waals surface area contributed by atoms with Gasteiger partial charge in [0.1, 0.15) is 28.9 Å². The lowest BCUT2D eigenvalue weighted by molar-refractivity contribution is 0.234. The number of methoxy groups -OCH3 is 3. The van der Waals surface area contributed by atoms with Crippen LogP contribution >= 0.6 is 79.4 Å². The van der Waals surface area contributed by atoms with Gasteiger partial charge in [0.05, 0.1) is 55.4 Å². The van der Waals surface area contributed by atoms with Gasteiger partial charge in [-0.15, -0.1) is 0 Å². The predicted octanol–water partition coefficient (Wildman–Crippen LogP) is 12.5. The van der Waals surface area contributed by atoms with Crippen LogP contribution in [0.5, 0.6) is 17.2 Å². The molecular formula is C49H49ClF2I3N5O6. The molecule has 1 aromatic heterocycles. The second-order valence-corrected chi connectivity index (χ2v) is 17.8. The highest BCUT2D eigenvalue weighted by atomic mass is 127. The minimum Gasteiger partial charge on any atom is -0.497 e. The largest absolute Gasteiger partial charge is 0.497 e. The fraction of sp³-hybridized carbons (Fsp3) is 0.204. The lowest BCUT2D eigenvalue weighted by Crippen LogP contribution is -2.22. The summed E-state index contributed by atoms with van der Waals surface area (Å²) in [6.07, 6.45) is 1.81. The highest BCUT2D eigenvalue weighted by molar-refractivity contribution is 14.1. The van der Waals surface area contributed by atoms with E-state index < -0.39 is 11.6 Å². The molecule has 348 valence electrons. The Morgan fingerprint density at radius 1 is 0.667 bits per heavy atom. The number of hydrogen-bond acceptors (Lipinski definition) is 10. The number of amidine groups is 1. The molecule has 6 aromatic carbocycles. The molecule has 7 rings (SSSR count). The number of halogens is 6. The highest BCUT2D eigenvalue weighted by Gasteiger charge is 2.15. The standard InChI is InChI=1S/C17H16INO2.C16H16FIN2O2.C8H6ClFINO.C8H11NO/c1-11-3-9-14-15(19-21-17(14)16(11)18)10-6-12-4-7-13(20-2)8-5-12;1-10-3-8-13(14(17)15(10)18)16(20-21)19-9-11-4-6-12(22-2)7-5-11;1-4-2-3-5(8(9)12-13)6(10)7(4)11;1-10-8-4-2-7(6-9)3-5-8/h3-5,7-9H,6,10H2,1-2H3;3-8,21H,9H2,1-2H3,(H,19,20);2-3,13H,1H3;2-5H,6,9H2,1H3/b;;12-8+;. The molecule has 0 amide bonds. The second-order valence-electron chi connectivity index (χ2n) is 14.2. The fourth-order valence-electron chi connectivity index (χ4n) is 5.89. The van der Waals surface area contributed by atoms with Gasteiger partial charge in [-0.2, -0.15) is 0 Å². The molecule has 0 saturated heterocycles. The third-order valence-electron chi connectivity index (χ3n) is 9.85. The Morgan fingerprint density at radius 2 is 1.12 bits per heavy atom. The maximum Gasteiger partial charge on any atom is 0.180 e. The van der Waals surface area contributed by atoms with Crippen LogP contribution in [0.1, 0.15) is 50.2 Å². The number of ether oxygens (including phenoxy) is 3. The Hall–Kier alpha value is -4.61.